The molecule has 0 atom stereocenters. The lowest BCUT2D eigenvalue weighted by Gasteiger charge is -2.12. The lowest BCUT2D eigenvalue weighted by molar-refractivity contribution is 0.103. The minimum atomic E-state index is -0.0366. The van der Waals surface area contributed by atoms with E-state index in [2.05, 4.69) is 18.8 Å². The first kappa shape index (κ1) is 23.2. The third-order valence-corrected chi connectivity index (χ3v) is 4.99. The predicted octanol–water partition coefficient (Wildman–Crippen LogP) is 6.36. The van der Waals surface area contributed by atoms with E-state index in [0.29, 0.717) is 17.0 Å². The minimum Gasteiger partial charge on any atom is -0.481 e. The van der Waals surface area contributed by atoms with Crippen LogP contribution in [0.5, 0.6) is 5.88 Å². The SMILES string of the molecule is CCC.COc1cc(-c2cccc(CO)c2)c2cc(C(=O)c3ccc(C)cc3)ccc2n1. The molecule has 0 aliphatic rings. The summed E-state index contributed by atoms with van der Waals surface area (Å²) in [5.41, 5.74) is 5.77. The second-order valence-electron chi connectivity index (χ2n) is 7.70. The molecule has 0 unspecified atom stereocenters. The Hall–Kier alpha value is -3.50. The van der Waals surface area contributed by atoms with Gasteiger partial charge in [-0.3, -0.25) is 4.79 Å². The lowest BCUT2D eigenvalue weighted by Crippen LogP contribution is -2.02. The molecule has 0 fully saturated rings. The Morgan fingerprint density at radius 1 is 0.938 bits per heavy atom. The molecule has 0 amide bonds. The molecule has 0 bridgehead atoms. The highest BCUT2D eigenvalue weighted by molar-refractivity contribution is 6.11. The first-order valence-electron chi connectivity index (χ1n) is 10.8. The van der Waals surface area contributed by atoms with Crippen LogP contribution in [0.4, 0.5) is 0 Å². The molecule has 4 heteroatoms. The number of aliphatic hydroxyl groups excluding tert-OH is 1. The molecule has 4 rings (SSSR count). The molecule has 0 aliphatic carbocycles. The van der Waals surface area contributed by atoms with Crippen LogP contribution in [0.25, 0.3) is 22.0 Å². The van der Waals surface area contributed by atoms with E-state index in [1.165, 1.54) is 6.42 Å². The van der Waals surface area contributed by atoms with Crippen LogP contribution in [0.15, 0.2) is 72.8 Å². The second kappa shape index (κ2) is 10.7. The van der Waals surface area contributed by atoms with Crippen LogP contribution in [0.1, 0.15) is 47.3 Å². The number of fused-ring (bicyclic) bond motifs is 1. The van der Waals surface area contributed by atoms with Crippen molar-refractivity contribution in [2.45, 2.75) is 33.8 Å². The van der Waals surface area contributed by atoms with Crippen molar-refractivity contribution in [1.82, 2.24) is 4.98 Å². The average Bonchev–Trinajstić information content (AvgIpc) is 2.83. The Morgan fingerprint density at radius 2 is 1.62 bits per heavy atom. The number of hydrogen-bond acceptors (Lipinski definition) is 4. The van der Waals surface area contributed by atoms with Gasteiger partial charge in [0.2, 0.25) is 5.88 Å². The molecule has 0 spiro atoms. The van der Waals surface area contributed by atoms with E-state index in [1.54, 1.807) is 13.2 Å². The molecule has 1 heterocycles. The van der Waals surface area contributed by atoms with E-state index in [9.17, 15) is 9.90 Å². The van der Waals surface area contributed by atoms with E-state index in [1.807, 2.05) is 73.7 Å². The van der Waals surface area contributed by atoms with E-state index >= 15 is 0 Å². The Labute approximate surface area is 189 Å². The number of ketones is 1. The third-order valence-electron chi connectivity index (χ3n) is 4.99. The summed E-state index contributed by atoms with van der Waals surface area (Å²) in [6, 6.07) is 22.6. The Morgan fingerprint density at radius 3 is 2.28 bits per heavy atom. The average molecular weight is 428 g/mol. The van der Waals surface area contributed by atoms with Crippen molar-refractivity contribution >= 4 is 16.7 Å². The van der Waals surface area contributed by atoms with Crippen molar-refractivity contribution in [3.05, 3.63) is 95.1 Å². The van der Waals surface area contributed by atoms with Gasteiger partial charge in [0.25, 0.3) is 0 Å². The van der Waals surface area contributed by atoms with Gasteiger partial charge < -0.3 is 9.84 Å². The molecule has 4 aromatic rings. The van der Waals surface area contributed by atoms with Gasteiger partial charge in [0.05, 0.1) is 19.2 Å². The zero-order chi connectivity index (χ0) is 23.1. The second-order valence-corrected chi connectivity index (χ2v) is 7.70. The van der Waals surface area contributed by atoms with Gasteiger partial charge in [-0.15, -0.1) is 0 Å². The number of pyridine rings is 1. The van der Waals surface area contributed by atoms with Gasteiger partial charge in [-0.05, 0) is 47.9 Å². The molecule has 1 N–H and O–H groups in total. The molecule has 164 valence electrons. The number of aryl methyl sites for hydroxylation is 1. The smallest absolute Gasteiger partial charge is 0.214 e. The summed E-state index contributed by atoms with van der Waals surface area (Å²) in [6.07, 6.45) is 1.25. The summed E-state index contributed by atoms with van der Waals surface area (Å²) in [4.78, 5) is 17.5. The van der Waals surface area contributed by atoms with Crippen molar-refractivity contribution in [2.75, 3.05) is 7.11 Å². The summed E-state index contributed by atoms with van der Waals surface area (Å²) in [5, 5.41) is 10.4. The maximum absolute atomic E-state index is 13.0. The first-order valence-corrected chi connectivity index (χ1v) is 10.8. The molecule has 3 aromatic carbocycles. The molecular weight excluding hydrogens is 398 g/mol. The highest BCUT2D eigenvalue weighted by Crippen LogP contribution is 2.32. The number of carbonyl (C=O) groups excluding carboxylic acids is 1. The fraction of sp³-hybridized carbons (Fsp3) is 0.214. The fourth-order valence-corrected chi connectivity index (χ4v) is 3.39. The van der Waals surface area contributed by atoms with E-state index in [-0.39, 0.29) is 12.4 Å². The highest BCUT2D eigenvalue weighted by Gasteiger charge is 2.14. The van der Waals surface area contributed by atoms with Crippen LogP contribution in [-0.4, -0.2) is 23.0 Å². The Kier molecular flexibility index (Phi) is 7.74. The normalized spacial score (nSPS) is 10.4. The number of ether oxygens (including phenoxy) is 1. The van der Waals surface area contributed by atoms with Crippen molar-refractivity contribution in [2.24, 2.45) is 0 Å². The standard InChI is InChI=1S/C25H21NO3.C3H8/c1-16-6-8-18(9-7-16)25(28)20-10-11-23-22(13-20)21(14-24(26-23)29-2)19-5-3-4-17(12-19)15-27;1-3-2/h3-14,27H,15H2,1-2H3;3H2,1-2H3. The number of hydrogen-bond donors (Lipinski definition) is 1. The predicted molar refractivity (Wildman–Crippen MR) is 130 cm³/mol. The van der Waals surface area contributed by atoms with Gasteiger partial charge in [-0.25, -0.2) is 4.98 Å². The van der Waals surface area contributed by atoms with Crippen molar-refractivity contribution in [3.63, 3.8) is 0 Å². The molecule has 0 radical (unpaired) electrons. The molecule has 0 saturated heterocycles. The number of rotatable bonds is 5. The number of aliphatic hydroxyl groups is 1. The summed E-state index contributed by atoms with van der Waals surface area (Å²) in [7, 11) is 1.58. The zero-order valence-corrected chi connectivity index (χ0v) is 19.1. The van der Waals surface area contributed by atoms with Crippen LogP contribution >= 0.6 is 0 Å². The van der Waals surface area contributed by atoms with Crippen molar-refractivity contribution in [1.29, 1.82) is 0 Å². The molecule has 0 aliphatic heterocycles. The van der Waals surface area contributed by atoms with Gasteiger partial charge in [-0.1, -0.05) is 68.3 Å². The maximum Gasteiger partial charge on any atom is 0.214 e. The molecule has 1 aromatic heterocycles. The van der Waals surface area contributed by atoms with E-state index < -0.39 is 0 Å². The number of methoxy groups -OCH3 is 1. The number of nitrogens with zero attached hydrogens (tertiary/aromatic N) is 1. The third kappa shape index (κ3) is 5.21. The number of aromatic nitrogens is 1. The van der Waals surface area contributed by atoms with E-state index in [0.717, 1.165) is 33.2 Å². The van der Waals surface area contributed by atoms with Crippen LogP contribution < -0.4 is 4.74 Å². The topological polar surface area (TPSA) is 59.4 Å². The van der Waals surface area contributed by atoms with Crippen LogP contribution in [0, 0.1) is 6.92 Å². The summed E-state index contributed by atoms with van der Waals surface area (Å²) in [5.74, 6) is 0.470. The minimum absolute atomic E-state index is 0.0298. The van der Waals surface area contributed by atoms with Crippen LogP contribution in [0.2, 0.25) is 0 Å². The molecular formula is C28H29NO3. The van der Waals surface area contributed by atoms with Crippen LogP contribution in [-0.2, 0) is 6.61 Å². The van der Waals surface area contributed by atoms with Gasteiger partial charge in [0.1, 0.15) is 0 Å². The van der Waals surface area contributed by atoms with Crippen molar-refractivity contribution in [3.8, 4) is 17.0 Å². The molecule has 4 nitrogen and oxygen atoms in total. The van der Waals surface area contributed by atoms with E-state index in [4.69, 9.17) is 4.74 Å². The summed E-state index contributed by atoms with van der Waals surface area (Å²) in [6.45, 7) is 6.21. The lowest BCUT2D eigenvalue weighted by atomic mass is 9.95. The molecule has 32 heavy (non-hydrogen) atoms. The Balaban J connectivity index is 0.000000913. The highest BCUT2D eigenvalue weighted by atomic mass is 16.5. The zero-order valence-electron chi connectivity index (χ0n) is 19.1. The monoisotopic (exact) mass is 427 g/mol. The quantitative estimate of drug-likeness (QED) is 0.377. The largest absolute Gasteiger partial charge is 0.481 e. The van der Waals surface area contributed by atoms with Gasteiger partial charge >= 0.3 is 0 Å². The van der Waals surface area contributed by atoms with Gasteiger partial charge in [0, 0.05) is 22.6 Å². The number of carbonyl (C=O) groups is 1. The molecule has 0 saturated carbocycles. The van der Waals surface area contributed by atoms with Crippen molar-refractivity contribution < 1.29 is 14.6 Å². The fourth-order valence-electron chi connectivity index (χ4n) is 3.39. The summed E-state index contributed by atoms with van der Waals surface area (Å²) < 4.78 is 5.37. The summed E-state index contributed by atoms with van der Waals surface area (Å²) >= 11 is 0. The maximum atomic E-state index is 13.0. The van der Waals surface area contributed by atoms with Crippen LogP contribution in [0.3, 0.4) is 0 Å². The Bertz CT molecular complexity index is 1210. The number of benzene rings is 3. The van der Waals surface area contributed by atoms with Gasteiger partial charge in [0.15, 0.2) is 5.78 Å². The first-order chi connectivity index (χ1) is 15.5. The van der Waals surface area contributed by atoms with Gasteiger partial charge in [-0.2, -0.15) is 0 Å².